The van der Waals surface area contributed by atoms with Crippen LogP contribution >= 0.6 is 11.6 Å². The molecular formula is C19H17ClO3. The normalized spacial score (nSPS) is 14.0. The first kappa shape index (κ1) is 17.1. The van der Waals surface area contributed by atoms with Gasteiger partial charge in [-0.3, -0.25) is 14.4 Å². The highest BCUT2D eigenvalue weighted by Crippen LogP contribution is 2.39. The number of carbonyl (C=O) groups is 3. The van der Waals surface area contributed by atoms with E-state index in [4.69, 9.17) is 11.6 Å². The Morgan fingerprint density at radius 1 is 1.00 bits per heavy atom. The van der Waals surface area contributed by atoms with Crippen LogP contribution in [-0.2, 0) is 14.4 Å². The Kier molecular flexibility index (Phi) is 4.81. The minimum absolute atomic E-state index is 0.126. The number of ketones is 3. The quantitative estimate of drug-likeness (QED) is 0.589. The Bertz CT molecular complexity index is 712. The van der Waals surface area contributed by atoms with Crippen molar-refractivity contribution >= 4 is 34.5 Å². The molecule has 4 heteroatoms. The fourth-order valence-electron chi connectivity index (χ4n) is 2.93. The predicted octanol–water partition coefficient (Wildman–Crippen LogP) is 3.83. The van der Waals surface area contributed by atoms with E-state index in [2.05, 4.69) is 6.58 Å². The lowest BCUT2D eigenvalue weighted by atomic mass is 9.65. The van der Waals surface area contributed by atoms with E-state index in [1.165, 1.54) is 13.8 Å². The van der Waals surface area contributed by atoms with E-state index in [-0.39, 0.29) is 5.57 Å². The number of Topliss-reactive ketones (excluding diaryl/α,β-unsaturated/α-hetero) is 3. The summed E-state index contributed by atoms with van der Waals surface area (Å²) in [5, 5.41) is 0.528. The van der Waals surface area contributed by atoms with Gasteiger partial charge in [-0.25, -0.2) is 0 Å². The number of carbonyl (C=O) groups excluding carboxylic acids is 3. The topological polar surface area (TPSA) is 51.2 Å². The van der Waals surface area contributed by atoms with Gasteiger partial charge in [0.2, 0.25) is 0 Å². The standard InChI is InChI=1S/C19H17ClO3/c1-12(15-8-10-17(20)11-9-15)18(23)19(13(2)21,14(3)22)16-6-4-5-7-16/h4-11,16H,1H2,2-3H3. The van der Waals surface area contributed by atoms with Crippen molar-refractivity contribution in [3.8, 4) is 0 Å². The fourth-order valence-corrected chi connectivity index (χ4v) is 3.06. The molecular weight excluding hydrogens is 312 g/mol. The Labute approximate surface area is 140 Å². The maximum absolute atomic E-state index is 13.1. The van der Waals surface area contributed by atoms with Crippen molar-refractivity contribution in [3.05, 3.63) is 65.7 Å². The summed E-state index contributed by atoms with van der Waals surface area (Å²) in [5.74, 6) is -2.12. The molecule has 0 atom stereocenters. The summed E-state index contributed by atoms with van der Waals surface area (Å²) in [6.45, 7) is 6.36. The minimum Gasteiger partial charge on any atom is -0.298 e. The summed E-state index contributed by atoms with van der Waals surface area (Å²) in [7, 11) is 0. The van der Waals surface area contributed by atoms with Gasteiger partial charge < -0.3 is 0 Å². The van der Waals surface area contributed by atoms with Crippen LogP contribution in [0.4, 0.5) is 0 Å². The molecule has 0 heterocycles. The van der Waals surface area contributed by atoms with E-state index in [1.54, 1.807) is 48.6 Å². The van der Waals surface area contributed by atoms with Gasteiger partial charge in [-0.1, -0.05) is 54.6 Å². The van der Waals surface area contributed by atoms with Crippen LogP contribution in [0.3, 0.4) is 0 Å². The third kappa shape index (κ3) is 2.84. The third-order valence-electron chi connectivity index (χ3n) is 4.18. The second kappa shape index (κ2) is 6.47. The van der Waals surface area contributed by atoms with Gasteiger partial charge in [0.05, 0.1) is 0 Å². The summed E-state index contributed by atoms with van der Waals surface area (Å²) in [5.41, 5.74) is -1.10. The highest BCUT2D eigenvalue weighted by atomic mass is 35.5. The molecule has 0 amide bonds. The smallest absolute Gasteiger partial charge is 0.184 e. The van der Waals surface area contributed by atoms with Gasteiger partial charge in [0.1, 0.15) is 0 Å². The molecule has 1 aromatic carbocycles. The van der Waals surface area contributed by atoms with Crippen LogP contribution in [0, 0.1) is 11.3 Å². The zero-order chi connectivity index (χ0) is 17.2. The second-order valence-corrected chi connectivity index (χ2v) is 5.97. The lowest BCUT2D eigenvalue weighted by Gasteiger charge is -2.32. The van der Waals surface area contributed by atoms with Crippen molar-refractivity contribution in [3.63, 3.8) is 0 Å². The fraction of sp³-hybridized carbons (Fsp3) is 0.211. The molecule has 0 aliphatic heterocycles. The zero-order valence-electron chi connectivity index (χ0n) is 13.0. The van der Waals surface area contributed by atoms with Gasteiger partial charge in [-0.15, -0.1) is 0 Å². The SMILES string of the molecule is C=C(C(=O)C(C(C)=O)(C(C)=O)C1C=CC=C1)c1ccc(Cl)cc1. The maximum atomic E-state index is 13.1. The van der Waals surface area contributed by atoms with Gasteiger partial charge in [-0.05, 0) is 31.5 Å². The Morgan fingerprint density at radius 2 is 1.48 bits per heavy atom. The van der Waals surface area contributed by atoms with E-state index < -0.39 is 28.7 Å². The summed E-state index contributed by atoms with van der Waals surface area (Å²) >= 11 is 5.85. The monoisotopic (exact) mass is 328 g/mol. The molecule has 0 bridgehead atoms. The van der Waals surface area contributed by atoms with Crippen LogP contribution in [0.1, 0.15) is 19.4 Å². The minimum atomic E-state index is -1.76. The van der Waals surface area contributed by atoms with E-state index in [0.29, 0.717) is 10.6 Å². The van der Waals surface area contributed by atoms with E-state index in [9.17, 15) is 14.4 Å². The maximum Gasteiger partial charge on any atom is 0.184 e. The van der Waals surface area contributed by atoms with Crippen LogP contribution in [0.2, 0.25) is 5.02 Å². The molecule has 0 saturated carbocycles. The Balaban J connectivity index is 2.52. The molecule has 0 spiro atoms. The molecule has 0 fully saturated rings. The first-order valence-electron chi connectivity index (χ1n) is 7.18. The van der Waals surface area contributed by atoms with Crippen molar-refractivity contribution < 1.29 is 14.4 Å². The van der Waals surface area contributed by atoms with Crippen LogP contribution in [0.15, 0.2) is 55.1 Å². The van der Waals surface area contributed by atoms with Gasteiger partial charge in [0.15, 0.2) is 22.8 Å². The summed E-state index contributed by atoms with van der Waals surface area (Å²) in [6.07, 6.45) is 6.83. The van der Waals surface area contributed by atoms with E-state index in [1.807, 2.05) is 0 Å². The largest absolute Gasteiger partial charge is 0.298 e. The molecule has 3 nitrogen and oxygen atoms in total. The molecule has 23 heavy (non-hydrogen) atoms. The number of hydrogen-bond acceptors (Lipinski definition) is 3. The number of allylic oxidation sites excluding steroid dienone is 5. The highest BCUT2D eigenvalue weighted by Gasteiger charge is 2.53. The van der Waals surface area contributed by atoms with Gasteiger partial charge >= 0.3 is 0 Å². The van der Waals surface area contributed by atoms with Crippen LogP contribution in [0.5, 0.6) is 0 Å². The van der Waals surface area contributed by atoms with Crippen LogP contribution < -0.4 is 0 Å². The zero-order valence-corrected chi connectivity index (χ0v) is 13.8. The number of hydrogen-bond donors (Lipinski definition) is 0. The molecule has 1 aliphatic carbocycles. The van der Waals surface area contributed by atoms with Gasteiger partial charge in [-0.2, -0.15) is 0 Å². The van der Waals surface area contributed by atoms with Crippen molar-refractivity contribution in [1.82, 2.24) is 0 Å². The summed E-state index contributed by atoms with van der Waals surface area (Å²) in [6, 6.07) is 6.56. The van der Waals surface area contributed by atoms with Crippen molar-refractivity contribution in [2.24, 2.45) is 11.3 Å². The number of halogens is 1. The summed E-state index contributed by atoms with van der Waals surface area (Å²) < 4.78 is 0. The molecule has 0 saturated heterocycles. The number of benzene rings is 1. The first-order chi connectivity index (χ1) is 10.8. The average molecular weight is 329 g/mol. The average Bonchev–Trinajstić information content (AvgIpc) is 3.01. The van der Waals surface area contributed by atoms with Gasteiger partial charge in [0, 0.05) is 16.5 Å². The molecule has 0 radical (unpaired) electrons. The molecule has 1 aromatic rings. The molecule has 0 unspecified atom stereocenters. The highest BCUT2D eigenvalue weighted by molar-refractivity contribution is 6.38. The first-order valence-corrected chi connectivity index (χ1v) is 7.56. The Morgan fingerprint density at radius 3 is 1.91 bits per heavy atom. The Hall–Kier alpha value is -2.26. The summed E-state index contributed by atoms with van der Waals surface area (Å²) in [4.78, 5) is 37.8. The van der Waals surface area contributed by atoms with Crippen LogP contribution in [0.25, 0.3) is 5.57 Å². The van der Waals surface area contributed by atoms with Gasteiger partial charge in [0.25, 0.3) is 0 Å². The molecule has 0 N–H and O–H groups in total. The lowest BCUT2D eigenvalue weighted by molar-refractivity contribution is -0.146. The van der Waals surface area contributed by atoms with E-state index in [0.717, 1.165) is 0 Å². The molecule has 2 rings (SSSR count). The van der Waals surface area contributed by atoms with Crippen LogP contribution in [-0.4, -0.2) is 17.3 Å². The van der Waals surface area contributed by atoms with Crippen molar-refractivity contribution in [2.75, 3.05) is 0 Å². The second-order valence-electron chi connectivity index (χ2n) is 5.53. The van der Waals surface area contributed by atoms with Crippen molar-refractivity contribution in [1.29, 1.82) is 0 Å². The lowest BCUT2D eigenvalue weighted by Crippen LogP contribution is -2.49. The molecule has 1 aliphatic rings. The third-order valence-corrected chi connectivity index (χ3v) is 4.44. The predicted molar refractivity (Wildman–Crippen MR) is 91.1 cm³/mol. The van der Waals surface area contributed by atoms with E-state index >= 15 is 0 Å². The van der Waals surface area contributed by atoms with Crippen molar-refractivity contribution in [2.45, 2.75) is 13.8 Å². The molecule has 0 aromatic heterocycles. The molecule has 118 valence electrons. The number of rotatable bonds is 6.